The molecule has 0 aromatic heterocycles. The molecule has 0 rings (SSSR count). The second-order valence-corrected chi connectivity index (χ2v) is 16.4. The number of carbonyl (C=O) groups is 1. The van der Waals surface area contributed by atoms with Gasteiger partial charge in [-0.05, 0) is 44.9 Å². The maximum absolute atomic E-state index is 12.8. The van der Waals surface area contributed by atoms with Crippen LogP contribution >= 0.6 is 7.82 Å². The Hall–Kier alpha value is -1.28. The number of amides is 1. The third kappa shape index (κ3) is 35.1. The minimum Gasteiger partial charge on any atom is -0.756 e. The van der Waals surface area contributed by atoms with Crippen LogP contribution in [-0.4, -0.2) is 68.5 Å². The van der Waals surface area contributed by atoms with Gasteiger partial charge >= 0.3 is 0 Å². The summed E-state index contributed by atoms with van der Waals surface area (Å²) in [4.78, 5) is 25.2. The van der Waals surface area contributed by atoms with E-state index in [1.54, 1.807) is 6.08 Å². The standard InChI is InChI=1S/C41H79N2O6P/c1-6-8-10-12-14-16-18-20-22-24-26-28-30-32-34-40(44)39(38-49-50(46,47)48-37-36-43(3,4)5)42-41(45)35-33-31-29-27-25-23-21-19-17-15-13-11-9-7-2/h13,15,19,21,32,34,39-40,44H,6-12,14,16-18,20,22-31,33,35-38H2,1-5H3,(H-,42,45,46,47)/b15-13-,21-19-,34-32+. The van der Waals surface area contributed by atoms with Crippen molar-refractivity contribution >= 4 is 13.7 Å². The number of hydrogen-bond acceptors (Lipinski definition) is 6. The van der Waals surface area contributed by atoms with Crippen molar-refractivity contribution in [2.24, 2.45) is 0 Å². The number of carbonyl (C=O) groups excluding carboxylic acids is 1. The van der Waals surface area contributed by atoms with Crippen molar-refractivity contribution in [2.45, 2.75) is 180 Å². The van der Waals surface area contributed by atoms with Crippen LogP contribution in [0.4, 0.5) is 0 Å². The van der Waals surface area contributed by atoms with Crippen molar-refractivity contribution in [3.8, 4) is 0 Å². The van der Waals surface area contributed by atoms with Gasteiger partial charge in [-0.25, -0.2) is 0 Å². The predicted octanol–water partition coefficient (Wildman–Crippen LogP) is 10.1. The van der Waals surface area contributed by atoms with E-state index in [1.807, 2.05) is 27.2 Å². The molecule has 50 heavy (non-hydrogen) atoms. The van der Waals surface area contributed by atoms with Gasteiger partial charge in [0.1, 0.15) is 13.2 Å². The fraction of sp³-hybridized carbons (Fsp3) is 0.829. The van der Waals surface area contributed by atoms with Crippen LogP contribution in [0.1, 0.15) is 168 Å². The Kier molecular flexibility index (Phi) is 32.7. The molecular formula is C41H79N2O6P. The summed E-state index contributed by atoms with van der Waals surface area (Å²) in [6.07, 6.45) is 38.9. The number of aliphatic hydroxyl groups excluding tert-OH is 1. The van der Waals surface area contributed by atoms with Crippen LogP contribution in [0.3, 0.4) is 0 Å². The highest BCUT2D eigenvalue weighted by Crippen LogP contribution is 2.38. The van der Waals surface area contributed by atoms with Crippen LogP contribution < -0.4 is 10.2 Å². The zero-order valence-corrected chi connectivity index (χ0v) is 34.0. The van der Waals surface area contributed by atoms with E-state index in [1.165, 1.54) is 83.5 Å². The number of allylic oxidation sites excluding steroid dienone is 5. The zero-order valence-electron chi connectivity index (χ0n) is 33.1. The van der Waals surface area contributed by atoms with Crippen molar-refractivity contribution in [1.82, 2.24) is 5.32 Å². The van der Waals surface area contributed by atoms with Crippen LogP contribution in [0.15, 0.2) is 36.5 Å². The number of nitrogens with one attached hydrogen (secondary N) is 1. The molecule has 0 radical (unpaired) electrons. The number of hydrogen-bond donors (Lipinski definition) is 2. The van der Waals surface area contributed by atoms with Gasteiger partial charge in [0.2, 0.25) is 5.91 Å². The third-order valence-electron chi connectivity index (χ3n) is 8.84. The quantitative estimate of drug-likeness (QED) is 0.0288. The largest absolute Gasteiger partial charge is 0.756 e. The lowest BCUT2D eigenvalue weighted by molar-refractivity contribution is -0.870. The highest BCUT2D eigenvalue weighted by atomic mass is 31.2. The van der Waals surface area contributed by atoms with Gasteiger partial charge in [0.25, 0.3) is 7.82 Å². The Labute approximate surface area is 308 Å². The predicted molar refractivity (Wildman–Crippen MR) is 210 cm³/mol. The summed E-state index contributed by atoms with van der Waals surface area (Å²) in [5, 5.41) is 13.7. The molecule has 8 nitrogen and oxygen atoms in total. The first-order valence-electron chi connectivity index (χ1n) is 20.4. The molecule has 0 saturated carbocycles. The minimum absolute atomic E-state index is 0.00440. The lowest BCUT2D eigenvalue weighted by Gasteiger charge is -2.29. The second-order valence-electron chi connectivity index (χ2n) is 15.0. The lowest BCUT2D eigenvalue weighted by Crippen LogP contribution is -2.45. The van der Waals surface area contributed by atoms with Crippen LogP contribution in [0.5, 0.6) is 0 Å². The molecule has 0 aliphatic heterocycles. The molecule has 9 heteroatoms. The first kappa shape index (κ1) is 48.7. The monoisotopic (exact) mass is 727 g/mol. The lowest BCUT2D eigenvalue weighted by atomic mass is 10.0. The van der Waals surface area contributed by atoms with Gasteiger partial charge in [-0.3, -0.25) is 9.36 Å². The summed E-state index contributed by atoms with van der Waals surface area (Å²) in [5.74, 6) is -0.214. The van der Waals surface area contributed by atoms with Gasteiger partial charge < -0.3 is 28.8 Å². The normalized spacial score (nSPS) is 14.9. The summed E-state index contributed by atoms with van der Waals surface area (Å²) in [5.41, 5.74) is 0. The Morgan fingerprint density at radius 2 is 1.18 bits per heavy atom. The van der Waals surface area contributed by atoms with E-state index in [-0.39, 0.29) is 19.1 Å². The molecule has 0 fully saturated rings. The molecule has 294 valence electrons. The Balaban J connectivity index is 4.53. The van der Waals surface area contributed by atoms with E-state index < -0.39 is 20.0 Å². The second kappa shape index (κ2) is 33.5. The van der Waals surface area contributed by atoms with Crippen molar-refractivity contribution in [1.29, 1.82) is 0 Å². The molecule has 3 unspecified atom stereocenters. The highest BCUT2D eigenvalue weighted by molar-refractivity contribution is 7.45. The fourth-order valence-corrected chi connectivity index (χ4v) is 6.24. The Morgan fingerprint density at radius 3 is 1.72 bits per heavy atom. The van der Waals surface area contributed by atoms with Gasteiger partial charge in [0.15, 0.2) is 0 Å². The molecule has 3 atom stereocenters. The maximum Gasteiger partial charge on any atom is 0.268 e. The number of aliphatic hydroxyl groups is 1. The van der Waals surface area contributed by atoms with Crippen LogP contribution in [0.25, 0.3) is 0 Å². The van der Waals surface area contributed by atoms with Crippen LogP contribution in [0, 0.1) is 0 Å². The van der Waals surface area contributed by atoms with Gasteiger partial charge in [0.05, 0.1) is 39.9 Å². The topological polar surface area (TPSA) is 108 Å². The Morgan fingerprint density at radius 1 is 0.700 bits per heavy atom. The molecule has 0 aromatic rings. The molecule has 0 heterocycles. The smallest absolute Gasteiger partial charge is 0.268 e. The van der Waals surface area contributed by atoms with Crippen LogP contribution in [-0.2, 0) is 18.4 Å². The molecule has 1 amide bonds. The van der Waals surface area contributed by atoms with Crippen molar-refractivity contribution in [3.05, 3.63) is 36.5 Å². The summed E-state index contributed by atoms with van der Waals surface area (Å²) in [6.45, 7) is 4.57. The van der Waals surface area contributed by atoms with Gasteiger partial charge in [-0.15, -0.1) is 0 Å². The average molecular weight is 727 g/mol. The SMILES string of the molecule is CCCC/C=C\C/C=C\CCCCCCCC(=O)NC(COP(=O)([O-])OCC[N+](C)(C)C)C(O)/C=C/CCCCCCCCCCCCCC. The Bertz CT molecular complexity index is 917. The van der Waals surface area contributed by atoms with E-state index >= 15 is 0 Å². The molecular weight excluding hydrogens is 647 g/mol. The number of phosphoric acid groups is 1. The maximum atomic E-state index is 12.8. The molecule has 0 bridgehead atoms. The first-order chi connectivity index (χ1) is 24.0. The van der Waals surface area contributed by atoms with Crippen molar-refractivity contribution in [2.75, 3.05) is 40.9 Å². The van der Waals surface area contributed by atoms with Crippen LogP contribution in [0.2, 0.25) is 0 Å². The summed E-state index contributed by atoms with van der Waals surface area (Å²) < 4.78 is 23.1. The van der Waals surface area contributed by atoms with E-state index in [0.29, 0.717) is 17.4 Å². The molecule has 0 spiro atoms. The fourth-order valence-electron chi connectivity index (χ4n) is 5.52. The summed E-state index contributed by atoms with van der Waals surface area (Å²) >= 11 is 0. The molecule has 0 saturated heterocycles. The van der Waals surface area contributed by atoms with E-state index in [0.717, 1.165) is 64.2 Å². The number of likely N-dealkylation sites (N-methyl/N-ethyl adjacent to an activating group) is 1. The van der Waals surface area contributed by atoms with Crippen molar-refractivity contribution < 1.29 is 32.9 Å². The number of phosphoric ester groups is 1. The van der Waals surface area contributed by atoms with Crippen molar-refractivity contribution in [3.63, 3.8) is 0 Å². The van der Waals surface area contributed by atoms with E-state index in [4.69, 9.17) is 9.05 Å². The average Bonchev–Trinajstić information content (AvgIpc) is 3.06. The molecule has 0 aliphatic carbocycles. The van der Waals surface area contributed by atoms with E-state index in [9.17, 15) is 19.4 Å². The molecule has 0 aromatic carbocycles. The van der Waals surface area contributed by atoms with Gasteiger partial charge in [0, 0.05) is 6.42 Å². The molecule has 2 N–H and O–H groups in total. The summed E-state index contributed by atoms with van der Waals surface area (Å²) in [6, 6.07) is -0.890. The highest BCUT2D eigenvalue weighted by Gasteiger charge is 2.23. The zero-order chi connectivity index (χ0) is 37.2. The third-order valence-corrected chi connectivity index (χ3v) is 9.81. The minimum atomic E-state index is -4.58. The first-order valence-corrected chi connectivity index (χ1v) is 21.8. The number of rotatable bonds is 36. The number of unbranched alkanes of at least 4 members (excludes halogenated alkanes) is 19. The number of nitrogens with zero attached hydrogens (tertiary/aromatic N) is 1. The number of quaternary nitrogens is 1. The van der Waals surface area contributed by atoms with Gasteiger partial charge in [-0.1, -0.05) is 153 Å². The summed E-state index contributed by atoms with van der Waals surface area (Å²) in [7, 11) is 1.25. The van der Waals surface area contributed by atoms with E-state index in [2.05, 4.69) is 43.5 Å². The van der Waals surface area contributed by atoms with Gasteiger partial charge in [-0.2, -0.15) is 0 Å². The molecule has 0 aliphatic rings.